The van der Waals surface area contributed by atoms with E-state index in [1.165, 1.54) is 6.20 Å². The van der Waals surface area contributed by atoms with Gasteiger partial charge >= 0.3 is 6.03 Å². The topological polar surface area (TPSA) is 88.1 Å². The summed E-state index contributed by atoms with van der Waals surface area (Å²) < 4.78 is 1.85. The van der Waals surface area contributed by atoms with E-state index in [-0.39, 0.29) is 28.2 Å². The third-order valence-corrected chi connectivity index (χ3v) is 4.54. The molecule has 0 atom stereocenters. The van der Waals surface area contributed by atoms with E-state index in [2.05, 4.69) is 20.9 Å². The molecule has 0 unspecified atom stereocenters. The van der Waals surface area contributed by atoms with Gasteiger partial charge in [0.1, 0.15) is 10.8 Å². The van der Waals surface area contributed by atoms with E-state index in [1.54, 1.807) is 12.1 Å². The fraction of sp³-hybridized carbons (Fsp3) is 0.353. The molecule has 0 aromatic carbocycles. The molecule has 1 aliphatic rings. The van der Waals surface area contributed by atoms with Crippen molar-refractivity contribution in [3.05, 3.63) is 39.9 Å². The Morgan fingerprint density at radius 1 is 1.27 bits per heavy atom. The number of urea groups is 1. The van der Waals surface area contributed by atoms with Crippen LogP contribution in [0.1, 0.15) is 36.5 Å². The number of anilines is 2. The van der Waals surface area contributed by atoms with Crippen LogP contribution in [0.5, 0.6) is 0 Å². The van der Waals surface area contributed by atoms with Gasteiger partial charge in [-0.3, -0.25) is 4.79 Å². The molecule has 2 aromatic rings. The molecule has 9 heteroatoms. The summed E-state index contributed by atoms with van der Waals surface area (Å²) in [7, 11) is 0. The second kappa shape index (κ2) is 7.55. The van der Waals surface area contributed by atoms with Crippen LogP contribution in [0.2, 0.25) is 10.2 Å². The van der Waals surface area contributed by atoms with Crippen LogP contribution in [0.25, 0.3) is 0 Å². The Kier molecular flexibility index (Phi) is 5.38. The SMILES string of the molecule is CC(C)NC(=O)Nc1c(Cl)c(C(=O)Nc2ccnc(Cl)c2)n2c1CCC2. The zero-order chi connectivity index (χ0) is 18.8. The largest absolute Gasteiger partial charge is 0.337 e. The second-order valence-electron chi connectivity index (χ2n) is 6.31. The van der Waals surface area contributed by atoms with Gasteiger partial charge in [-0.05, 0) is 38.8 Å². The first-order valence-electron chi connectivity index (χ1n) is 8.28. The van der Waals surface area contributed by atoms with Crippen LogP contribution in [0, 0.1) is 0 Å². The van der Waals surface area contributed by atoms with Crippen molar-refractivity contribution in [3.63, 3.8) is 0 Å². The van der Waals surface area contributed by atoms with Crippen molar-refractivity contribution in [2.24, 2.45) is 0 Å². The van der Waals surface area contributed by atoms with Crippen molar-refractivity contribution in [2.45, 2.75) is 39.3 Å². The van der Waals surface area contributed by atoms with Crippen molar-refractivity contribution in [1.82, 2.24) is 14.9 Å². The third kappa shape index (κ3) is 3.78. The van der Waals surface area contributed by atoms with Gasteiger partial charge in [-0.2, -0.15) is 0 Å². The number of halogens is 2. The van der Waals surface area contributed by atoms with Gasteiger partial charge in [0.25, 0.3) is 5.91 Å². The summed E-state index contributed by atoms with van der Waals surface area (Å²) in [5.41, 5.74) is 2.19. The minimum Gasteiger partial charge on any atom is -0.337 e. The average molecular weight is 396 g/mol. The first-order valence-corrected chi connectivity index (χ1v) is 9.03. The molecule has 2 aromatic heterocycles. The summed E-state index contributed by atoms with van der Waals surface area (Å²) in [6.07, 6.45) is 3.13. The predicted octanol–water partition coefficient (Wildman–Crippen LogP) is 3.92. The fourth-order valence-electron chi connectivity index (χ4n) is 2.98. The van der Waals surface area contributed by atoms with E-state index in [0.717, 1.165) is 18.5 Å². The zero-order valence-corrected chi connectivity index (χ0v) is 15.9. The Morgan fingerprint density at radius 2 is 2.04 bits per heavy atom. The summed E-state index contributed by atoms with van der Waals surface area (Å²) >= 11 is 12.3. The molecule has 3 heterocycles. The summed E-state index contributed by atoms with van der Waals surface area (Å²) in [5, 5.41) is 8.81. The van der Waals surface area contributed by atoms with Gasteiger partial charge in [-0.15, -0.1) is 0 Å². The minimum absolute atomic E-state index is 0.0105. The zero-order valence-electron chi connectivity index (χ0n) is 14.4. The summed E-state index contributed by atoms with van der Waals surface area (Å²) in [6, 6.07) is 2.83. The first kappa shape index (κ1) is 18.5. The van der Waals surface area contributed by atoms with Gasteiger partial charge in [0.15, 0.2) is 0 Å². The average Bonchev–Trinajstić information content (AvgIpc) is 3.09. The normalized spacial score (nSPS) is 12.8. The maximum absolute atomic E-state index is 12.8. The molecule has 0 bridgehead atoms. The quantitative estimate of drug-likeness (QED) is 0.685. The number of carbonyl (C=O) groups is 2. The molecule has 0 fully saturated rings. The lowest BCUT2D eigenvalue weighted by Crippen LogP contribution is -2.34. The van der Waals surface area contributed by atoms with Crippen molar-refractivity contribution in [3.8, 4) is 0 Å². The highest BCUT2D eigenvalue weighted by atomic mass is 35.5. The predicted molar refractivity (Wildman–Crippen MR) is 102 cm³/mol. The molecule has 26 heavy (non-hydrogen) atoms. The standard InChI is InChI=1S/C17H19Cl2N5O2/c1-9(2)21-17(26)23-14-11-4-3-7-24(11)15(13(14)19)16(25)22-10-5-6-20-12(18)8-10/h5-6,8-9H,3-4,7H2,1-2H3,(H,20,22,25)(H2,21,23,26). The van der Waals surface area contributed by atoms with E-state index in [0.29, 0.717) is 23.6 Å². The molecule has 0 radical (unpaired) electrons. The van der Waals surface area contributed by atoms with Gasteiger partial charge in [-0.1, -0.05) is 23.2 Å². The van der Waals surface area contributed by atoms with E-state index in [1.807, 2.05) is 18.4 Å². The van der Waals surface area contributed by atoms with Crippen LogP contribution in [-0.4, -0.2) is 27.5 Å². The Bertz CT molecular complexity index is 863. The molecule has 3 rings (SSSR count). The minimum atomic E-state index is -0.363. The number of amides is 3. The molecule has 3 N–H and O–H groups in total. The van der Waals surface area contributed by atoms with Crippen molar-refractivity contribution >= 4 is 46.5 Å². The molecule has 1 aliphatic heterocycles. The monoisotopic (exact) mass is 395 g/mol. The molecule has 0 spiro atoms. The van der Waals surface area contributed by atoms with Crippen LogP contribution in [0.4, 0.5) is 16.2 Å². The van der Waals surface area contributed by atoms with Crippen LogP contribution >= 0.6 is 23.2 Å². The number of aromatic nitrogens is 2. The first-order chi connectivity index (χ1) is 12.4. The molecule has 7 nitrogen and oxygen atoms in total. The molecular formula is C17H19Cl2N5O2. The van der Waals surface area contributed by atoms with Gasteiger partial charge in [0.2, 0.25) is 0 Å². The molecule has 138 valence electrons. The highest BCUT2D eigenvalue weighted by molar-refractivity contribution is 6.37. The highest BCUT2D eigenvalue weighted by Crippen LogP contribution is 2.37. The Morgan fingerprint density at radius 3 is 2.73 bits per heavy atom. The van der Waals surface area contributed by atoms with E-state index >= 15 is 0 Å². The number of carbonyl (C=O) groups excluding carboxylic acids is 2. The molecular weight excluding hydrogens is 377 g/mol. The maximum Gasteiger partial charge on any atom is 0.319 e. The van der Waals surface area contributed by atoms with Crippen LogP contribution in [-0.2, 0) is 13.0 Å². The smallest absolute Gasteiger partial charge is 0.319 e. The Balaban J connectivity index is 1.89. The Hall–Kier alpha value is -2.25. The van der Waals surface area contributed by atoms with E-state index in [9.17, 15) is 9.59 Å². The lowest BCUT2D eigenvalue weighted by molar-refractivity contribution is 0.101. The van der Waals surface area contributed by atoms with Crippen molar-refractivity contribution < 1.29 is 9.59 Å². The van der Waals surface area contributed by atoms with E-state index in [4.69, 9.17) is 23.2 Å². The molecule has 3 amide bonds. The van der Waals surface area contributed by atoms with Crippen LogP contribution in [0.15, 0.2) is 18.3 Å². The molecule has 0 saturated carbocycles. The van der Waals surface area contributed by atoms with Gasteiger partial charge in [-0.25, -0.2) is 9.78 Å². The van der Waals surface area contributed by atoms with Gasteiger partial charge in [0, 0.05) is 30.2 Å². The van der Waals surface area contributed by atoms with Gasteiger partial charge in [0.05, 0.1) is 10.7 Å². The summed E-state index contributed by atoms with van der Waals surface area (Å²) in [5.74, 6) is -0.363. The number of hydrogen-bond acceptors (Lipinski definition) is 3. The van der Waals surface area contributed by atoms with Crippen molar-refractivity contribution in [2.75, 3.05) is 10.6 Å². The van der Waals surface area contributed by atoms with Gasteiger partial charge < -0.3 is 20.5 Å². The van der Waals surface area contributed by atoms with Crippen LogP contribution in [0.3, 0.4) is 0 Å². The third-order valence-electron chi connectivity index (χ3n) is 3.96. The highest BCUT2D eigenvalue weighted by Gasteiger charge is 2.29. The number of rotatable bonds is 4. The van der Waals surface area contributed by atoms with Crippen LogP contribution < -0.4 is 16.0 Å². The van der Waals surface area contributed by atoms with Crippen molar-refractivity contribution in [1.29, 1.82) is 0 Å². The number of pyridine rings is 1. The summed E-state index contributed by atoms with van der Waals surface area (Å²) in [6.45, 7) is 4.40. The lowest BCUT2D eigenvalue weighted by atomic mass is 10.2. The molecule has 0 saturated heterocycles. The Labute approximate surface area is 161 Å². The summed E-state index contributed by atoms with van der Waals surface area (Å²) in [4.78, 5) is 28.7. The maximum atomic E-state index is 12.8. The second-order valence-corrected chi connectivity index (χ2v) is 7.08. The number of fused-ring (bicyclic) bond motifs is 1. The number of nitrogens with zero attached hydrogens (tertiary/aromatic N) is 2. The lowest BCUT2D eigenvalue weighted by Gasteiger charge is -2.10. The molecule has 0 aliphatic carbocycles. The number of nitrogens with one attached hydrogen (secondary N) is 3. The fourth-order valence-corrected chi connectivity index (χ4v) is 3.49. The van der Waals surface area contributed by atoms with E-state index < -0.39 is 0 Å². The number of hydrogen-bond donors (Lipinski definition) is 3.